The molecule has 3 heterocycles. The van der Waals surface area contributed by atoms with Crippen molar-refractivity contribution in [2.75, 3.05) is 44.7 Å². The minimum atomic E-state index is 0.850. The molecular weight excluding hydrogens is 302 g/mol. The minimum absolute atomic E-state index is 0.850. The molecule has 0 atom stereocenters. The molecule has 0 saturated carbocycles. The first-order valence-electron chi connectivity index (χ1n) is 8.25. The molecule has 0 aliphatic carbocycles. The number of anilines is 1. The van der Waals surface area contributed by atoms with Crippen LogP contribution in [0, 0.1) is 0 Å². The first-order chi connectivity index (χ1) is 11.9. The number of hydrogen-bond acceptors (Lipinski definition) is 6. The highest BCUT2D eigenvalue weighted by molar-refractivity contribution is 6.00. The summed E-state index contributed by atoms with van der Waals surface area (Å²) in [5.41, 5.74) is 1.96. The first kappa shape index (κ1) is 16.4. The van der Waals surface area contributed by atoms with Crippen LogP contribution in [0.3, 0.4) is 0 Å². The molecule has 0 amide bonds. The number of aromatic nitrogens is 2. The van der Waals surface area contributed by atoms with Crippen molar-refractivity contribution in [3.63, 3.8) is 0 Å². The van der Waals surface area contributed by atoms with E-state index >= 15 is 0 Å². The van der Waals surface area contributed by atoms with E-state index in [1.54, 1.807) is 13.3 Å². The van der Waals surface area contributed by atoms with E-state index < -0.39 is 0 Å². The van der Waals surface area contributed by atoms with Gasteiger partial charge in [0.15, 0.2) is 0 Å². The van der Waals surface area contributed by atoms with Gasteiger partial charge in [0.05, 0.1) is 5.71 Å². The van der Waals surface area contributed by atoms with Crippen molar-refractivity contribution in [1.82, 2.24) is 14.9 Å². The second-order valence-electron chi connectivity index (χ2n) is 5.73. The number of nitrogens with zero attached hydrogens (tertiary/aromatic N) is 5. The third kappa shape index (κ3) is 4.29. The van der Waals surface area contributed by atoms with Gasteiger partial charge in [-0.25, -0.2) is 4.98 Å². The van der Waals surface area contributed by atoms with E-state index in [0.717, 1.165) is 56.2 Å². The van der Waals surface area contributed by atoms with E-state index in [4.69, 9.17) is 4.84 Å². The van der Waals surface area contributed by atoms with Gasteiger partial charge in [-0.05, 0) is 24.3 Å². The zero-order valence-electron chi connectivity index (χ0n) is 14.0. The topological polar surface area (TPSA) is 53.9 Å². The summed E-state index contributed by atoms with van der Waals surface area (Å²) in [6.45, 7) is 5.03. The number of oxime groups is 1. The van der Waals surface area contributed by atoms with Crippen LogP contribution < -0.4 is 4.90 Å². The lowest BCUT2D eigenvalue weighted by atomic mass is 10.1. The maximum atomic E-state index is 5.00. The lowest BCUT2D eigenvalue weighted by Gasteiger charge is -2.35. The van der Waals surface area contributed by atoms with Crippen LogP contribution in [-0.2, 0) is 4.84 Å². The van der Waals surface area contributed by atoms with E-state index in [2.05, 4.69) is 31.0 Å². The second-order valence-corrected chi connectivity index (χ2v) is 5.73. The molecule has 0 spiro atoms. The minimum Gasteiger partial charge on any atom is -0.399 e. The van der Waals surface area contributed by atoms with Crippen LogP contribution in [0.2, 0.25) is 0 Å². The molecule has 1 aliphatic rings. The summed E-state index contributed by atoms with van der Waals surface area (Å²) >= 11 is 0. The van der Waals surface area contributed by atoms with E-state index in [0.29, 0.717) is 0 Å². The SMILES string of the molecule is CO/N=C(\CCN1CCN(c2ccccn2)CC1)c1cccnc1. The molecule has 0 radical (unpaired) electrons. The number of pyridine rings is 2. The smallest absolute Gasteiger partial charge is 0.128 e. The molecule has 24 heavy (non-hydrogen) atoms. The van der Waals surface area contributed by atoms with Crippen LogP contribution >= 0.6 is 0 Å². The molecule has 0 unspecified atom stereocenters. The fraction of sp³-hybridized carbons (Fsp3) is 0.389. The molecule has 1 saturated heterocycles. The van der Waals surface area contributed by atoms with Crippen LogP contribution in [0.5, 0.6) is 0 Å². The van der Waals surface area contributed by atoms with Crippen LogP contribution in [0.1, 0.15) is 12.0 Å². The van der Waals surface area contributed by atoms with Crippen LogP contribution in [-0.4, -0.2) is 60.4 Å². The highest BCUT2D eigenvalue weighted by Crippen LogP contribution is 2.13. The molecule has 126 valence electrons. The van der Waals surface area contributed by atoms with Crippen molar-refractivity contribution in [3.8, 4) is 0 Å². The number of piperazine rings is 1. The normalized spacial score (nSPS) is 16.2. The highest BCUT2D eigenvalue weighted by atomic mass is 16.6. The fourth-order valence-electron chi connectivity index (χ4n) is 2.89. The van der Waals surface area contributed by atoms with Gasteiger partial charge in [0, 0.05) is 63.3 Å². The van der Waals surface area contributed by atoms with Gasteiger partial charge in [-0.15, -0.1) is 0 Å². The summed E-state index contributed by atoms with van der Waals surface area (Å²) in [6, 6.07) is 10.0. The van der Waals surface area contributed by atoms with Gasteiger partial charge in [0.1, 0.15) is 12.9 Å². The Kier molecular flexibility index (Phi) is 5.74. The van der Waals surface area contributed by atoms with Crippen molar-refractivity contribution in [1.29, 1.82) is 0 Å². The van der Waals surface area contributed by atoms with E-state index in [-0.39, 0.29) is 0 Å². The van der Waals surface area contributed by atoms with Gasteiger partial charge in [-0.3, -0.25) is 9.88 Å². The average molecular weight is 325 g/mol. The predicted octanol–water partition coefficient (Wildman–Crippen LogP) is 2.04. The first-order valence-corrected chi connectivity index (χ1v) is 8.25. The van der Waals surface area contributed by atoms with Crippen molar-refractivity contribution < 1.29 is 4.84 Å². The maximum absolute atomic E-state index is 5.00. The Morgan fingerprint density at radius 1 is 1.12 bits per heavy atom. The Labute approximate surface area is 142 Å². The summed E-state index contributed by atoms with van der Waals surface area (Å²) in [5.74, 6) is 1.06. The molecule has 0 bridgehead atoms. The van der Waals surface area contributed by atoms with Crippen molar-refractivity contribution in [3.05, 3.63) is 54.5 Å². The molecule has 6 nitrogen and oxygen atoms in total. The third-order valence-corrected chi connectivity index (χ3v) is 4.21. The quantitative estimate of drug-likeness (QED) is 0.601. The highest BCUT2D eigenvalue weighted by Gasteiger charge is 2.18. The third-order valence-electron chi connectivity index (χ3n) is 4.21. The van der Waals surface area contributed by atoms with Gasteiger partial charge in [-0.1, -0.05) is 11.2 Å². The predicted molar refractivity (Wildman–Crippen MR) is 95.3 cm³/mol. The largest absolute Gasteiger partial charge is 0.399 e. The fourth-order valence-corrected chi connectivity index (χ4v) is 2.89. The summed E-state index contributed by atoms with van der Waals surface area (Å²) in [6.07, 6.45) is 6.30. The van der Waals surface area contributed by atoms with E-state index in [9.17, 15) is 0 Å². The molecule has 0 aromatic carbocycles. The average Bonchev–Trinajstić information content (AvgIpc) is 2.67. The standard InChI is InChI=1S/C18H23N5O/c1-24-21-17(16-5-4-8-19-15-16)7-10-22-11-13-23(14-12-22)18-6-2-3-9-20-18/h2-6,8-9,15H,7,10-14H2,1H3/b21-17+. The van der Waals surface area contributed by atoms with Crippen molar-refractivity contribution in [2.24, 2.45) is 5.16 Å². The second kappa shape index (κ2) is 8.40. The van der Waals surface area contributed by atoms with Crippen LogP contribution in [0.15, 0.2) is 54.1 Å². The van der Waals surface area contributed by atoms with Gasteiger partial charge >= 0.3 is 0 Å². The van der Waals surface area contributed by atoms with Crippen LogP contribution in [0.4, 0.5) is 5.82 Å². The van der Waals surface area contributed by atoms with Gasteiger partial charge in [0.2, 0.25) is 0 Å². The maximum Gasteiger partial charge on any atom is 0.128 e. The van der Waals surface area contributed by atoms with Crippen molar-refractivity contribution >= 4 is 11.5 Å². The molecule has 6 heteroatoms. The van der Waals surface area contributed by atoms with Crippen LogP contribution in [0.25, 0.3) is 0 Å². The molecule has 0 N–H and O–H groups in total. The number of rotatable bonds is 6. The monoisotopic (exact) mass is 325 g/mol. The molecule has 1 fully saturated rings. The summed E-state index contributed by atoms with van der Waals surface area (Å²) < 4.78 is 0. The van der Waals surface area contributed by atoms with E-state index in [1.165, 1.54) is 0 Å². The molecule has 3 rings (SSSR count). The summed E-state index contributed by atoms with van der Waals surface area (Å²) in [7, 11) is 1.59. The Morgan fingerprint density at radius 2 is 2.00 bits per heavy atom. The Bertz CT molecular complexity index is 639. The van der Waals surface area contributed by atoms with Gasteiger partial charge in [0.25, 0.3) is 0 Å². The van der Waals surface area contributed by atoms with E-state index in [1.807, 2.05) is 36.7 Å². The Morgan fingerprint density at radius 3 is 2.67 bits per heavy atom. The lowest BCUT2D eigenvalue weighted by molar-refractivity contribution is 0.211. The van der Waals surface area contributed by atoms with Gasteiger partial charge < -0.3 is 9.74 Å². The lowest BCUT2D eigenvalue weighted by Crippen LogP contribution is -2.47. The summed E-state index contributed by atoms with van der Waals surface area (Å²) in [4.78, 5) is 18.4. The van der Waals surface area contributed by atoms with Crippen molar-refractivity contribution in [2.45, 2.75) is 6.42 Å². The Hall–Kier alpha value is -2.47. The van der Waals surface area contributed by atoms with Gasteiger partial charge in [-0.2, -0.15) is 0 Å². The zero-order valence-corrected chi connectivity index (χ0v) is 14.0. The molecule has 2 aromatic rings. The molecule has 2 aromatic heterocycles. The molecule has 1 aliphatic heterocycles. The Balaban J connectivity index is 1.52. The summed E-state index contributed by atoms with van der Waals surface area (Å²) in [5, 5.41) is 4.17. The molecular formula is C18H23N5O. The zero-order chi connectivity index (χ0) is 16.6. The number of hydrogen-bond donors (Lipinski definition) is 0.